The summed E-state index contributed by atoms with van der Waals surface area (Å²) >= 11 is 0. The number of nitrogens with one attached hydrogen (secondary N) is 1. The van der Waals surface area contributed by atoms with Crippen molar-refractivity contribution in [3.05, 3.63) is 24.0 Å². The van der Waals surface area contributed by atoms with E-state index in [-0.39, 0.29) is 17.9 Å². The summed E-state index contributed by atoms with van der Waals surface area (Å²) in [6, 6.07) is 3.72. The van der Waals surface area contributed by atoms with E-state index in [9.17, 15) is 9.90 Å². The third kappa shape index (κ3) is 3.23. The Balaban J connectivity index is 2.12. The zero-order chi connectivity index (χ0) is 13.8. The van der Waals surface area contributed by atoms with Crippen LogP contribution in [0.1, 0.15) is 30.8 Å². The summed E-state index contributed by atoms with van der Waals surface area (Å²) in [6.07, 6.45) is 2.20. The van der Waals surface area contributed by atoms with Crippen LogP contribution in [0.5, 0.6) is 0 Å². The molecule has 0 aliphatic carbocycles. The first-order valence-corrected chi connectivity index (χ1v) is 6.79. The van der Waals surface area contributed by atoms with E-state index >= 15 is 0 Å². The average Bonchev–Trinajstić information content (AvgIpc) is 2.42. The number of rotatable bonds is 3. The number of anilines is 1. The largest absolute Gasteiger partial charge is 0.393 e. The molecule has 1 aromatic heterocycles. The normalized spacial score (nSPS) is 23.2. The van der Waals surface area contributed by atoms with Crippen LogP contribution in [-0.2, 0) is 0 Å². The Morgan fingerprint density at radius 1 is 1.63 bits per heavy atom. The fourth-order valence-electron chi connectivity index (χ4n) is 2.36. The number of aliphatic hydroxyl groups is 1. The number of carbonyl (C=O) groups is 1. The van der Waals surface area contributed by atoms with E-state index in [1.807, 2.05) is 26.0 Å². The Morgan fingerprint density at radius 3 is 3.11 bits per heavy atom. The minimum Gasteiger partial charge on any atom is -0.393 e. The number of hydrogen-bond acceptors (Lipinski definition) is 4. The third-order valence-corrected chi connectivity index (χ3v) is 3.54. The predicted octanol–water partition coefficient (Wildman–Crippen LogP) is 1.04. The molecule has 2 rings (SSSR count). The Bertz CT molecular complexity index is 450. The van der Waals surface area contributed by atoms with E-state index in [0.717, 1.165) is 25.2 Å². The number of pyridine rings is 1. The van der Waals surface area contributed by atoms with Gasteiger partial charge in [-0.3, -0.25) is 9.78 Å². The summed E-state index contributed by atoms with van der Waals surface area (Å²) in [6.45, 7) is 6.14. The molecule has 19 heavy (non-hydrogen) atoms. The number of amides is 1. The second kappa shape index (κ2) is 6.02. The Hall–Kier alpha value is -1.62. The highest BCUT2D eigenvalue weighted by atomic mass is 16.3. The lowest BCUT2D eigenvalue weighted by Crippen LogP contribution is -2.42. The van der Waals surface area contributed by atoms with Gasteiger partial charge in [0.15, 0.2) is 0 Å². The van der Waals surface area contributed by atoms with Gasteiger partial charge in [0.2, 0.25) is 0 Å². The lowest BCUT2D eigenvalue weighted by atomic mass is 9.96. The molecule has 1 aliphatic heterocycles. The fourth-order valence-corrected chi connectivity index (χ4v) is 2.36. The SMILES string of the molecule is CCNC(=O)c1cc(N2CCC(O)C(C)C2)ccn1. The first-order chi connectivity index (χ1) is 9.11. The number of nitrogens with zero attached hydrogens (tertiary/aromatic N) is 2. The standard InChI is InChI=1S/C14H21N3O2/c1-3-15-14(19)12-8-11(4-6-16-12)17-7-5-13(18)10(2)9-17/h4,6,8,10,13,18H,3,5,7,9H2,1-2H3,(H,15,19). The van der Waals surface area contributed by atoms with Crippen molar-refractivity contribution in [2.45, 2.75) is 26.4 Å². The molecule has 5 heteroatoms. The van der Waals surface area contributed by atoms with Crippen LogP contribution in [0.15, 0.2) is 18.3 Å². The minimum absolute atomic E-state index is 0.144. The smallest absolute Gasteiger partial charge is 0.269 e. The quantitative estimate of drug-likeness (QED) is 0.855. The Kier molecular flexibility index (Phi) is 4.37. The van der Waals surface area contributed by atoms with Gasteiger partial charge < -0.3 is 15.3 Å². The predicted molar refractivity (Wildman–Crippen MR) is 74.2 cm³/mol. The van der Waals surface area contributed by atoms with Crippen LogP contribution in [0.25, 0.3) is 0 Å². The van der Waals surface area contributed by atoms with Crippen molar-refractivity contribution in [2.75, 3.05) is 24.5 Å². The Labute approximate surface area is 113 Å². The van der Waals surface area contributed by atoms with Crippen LogP contribution in [0.4, 0.5) is 5.69 Å². The molecule has 1 amide bonds. The summed E-state index contributed by atoms with van der Waals surface area (Å²) in [5, 5.41) is 12.5. The molecule has 2 unspecified atom stereocenters. The molecule has 2 atom stereocenters. The summed E-state index contributed by atoms with van der Waals surface area (Å²) in [5.41, 5.74) is 1.44. The molecule has 2 N–H and O–H groups in total. The van der Waals surface area contributed by atoms with Crippen LogP contribution in [0, 0.1) is 5.92 Å². The highest BCUT2D eigenvalue weighted by molar-refractivity contribution is 5.93. The number of aliphatic hydroxyl groups excluding tert-OH is 1. The summed E-state index contributed by atoms with van der Waals surface area (Å²) in [5.74, 6) is 0.101. The van der Waals surface area contributed by atoms with Gasteiger partial charge >= 0.3 is 0 Å². The molecule has 2 heterocycles. The number of carbonyl (C=O) groups excluding carboxylic acids is 1. The molecular weight excluding hydrogens is 242 g/mol. The van der Waals surface area contributed by atoms with Crippen molar-refractivity contribution in [1.29, 1.82) is 0 Å². The van der Waals surface area contributed by atoms with Crippen LogP contribution < -0.4 is 10.2 Å². The van der Waals surface area contributed by atoms with E-state index in [1.165, 1.54) is 0 Å². The number of aromatic nitrogens is 1. The monoisotopic (exact) mass is 263 g/mol. The van der Waals surface area contributed by atoms with Crippen LogP contribution >= 0.6 is 0 Å². The van der Waals surface area contributed by atoms with Crippen molar-refractivity contribution < 1.29 is 9.90 Å². The second-order valence-corrected chi connectivity index (χ2v) is 5.04. The zero-order valence-corrected chi connectivity index (χ0v) is 11.5. The topological polar surface area (TPSA) is 65.5 Å². The highest BCUT2D eigenvalue weighted by Gasteiger charge is 2.24. The minimum atomic E-state index is -0.221. The fraction of sp³-hybridized carbons (Fsp3) is 0.571. The molecule has 5 nitrogen and oxygen atoms in total. The van der Waals surface area contributed by atoms with Gasteiger partial charge in [-0.15, -0.1) is 0 Å². The van der Waals surface area contributed by atoms with Gasteiger partial charge in [0.1, 0.15) is 5.69 Å². The van der Waals surface area contributed by atoms with E-state index in [4.69, 9.17) is 0 Å². The van der Waals surface area contributed by atoms with Crippen LogP contribution in [0.2, 0.25) is 0 Å². The maximum atomic E-state index is 11.8. The van der Waals surface area contributed by atoms with Crippen molar-refractivity contribution in [3.63, 3.8) is 0 Å². The Morgan fingerprint density at radius 2 is 2.42 bits per heavy atom. The van der Waals surface area contributed by atoms with Gasteiger partial charge in [-0.2, -0.15) is 0 Å². The lowest BCUT2D eigenvalue weighted by Gasteiger charge is -2.36. The molecule has 104 valence electrons. The van der Waals surface area contributed by atoms with Gasteiger partial charge in [-0.25, -0.2) is 0 Å². The van der Waals surface area contributed by atoms with Gasteiger partial charge in [0.25, 0.3) is 5.91 Å². The number of piperidine rings is 1. The lowest BCUT2D eigenvalue weighted by molar-refractivity contribution is 0.0947. The maximum Gasteiger partial charge on any atom is 0.269 e. The van der Waals surface area contributed by atoms with E-state index in [1.54, 1.807) is 6.20 Å². The highest BCUT2D eigenvalue weighted by Crippen LogP contribution is 2.23. The number of hydrogen-bond donors (Lipinski definition) is 2. The van der Waals surface area contributed by atoms with E-state index in [0.29, 0.717) is 12.2 Å². The van der Waals surface area contributed by atoms with Crippen molar-refractivity contribution in [1.82, 2.24) is 10.3 Å². The van der Waals surface area contributed by atoms with Crippen LogP contribution in [0.3, 0.4) is 0 Å². The van der Waals surface area contributed by atoms with E-state index in [2.05, 4.69) is 15.2 Å². The second-order valence-electron chi connectivity index (χ2n) is 5.04. The van der Waals surface area contributed by atoms with Gasteiger partial charge in [-0.1, -0.05) is 6.92 Å². The maximum absolute atomic E-state index is 11.8. The summed E-state index contributed by atoms with van der Waals surface area (Å²) in [4.78, 5) is 18.1. The molecule has 1 aliphatic rings. The third-order valence-electron chi connectivity index (χ3n) is 3.54. The molecule has 1 saturated heterocycles. The first kappa shape index (κ1) is 13.8. The molecule has 0 aromatic carbocycles. The first-order valence-electron chi connectivity index (χ1n) is 6.79. The average molecular weight is 263 g/mol. The van der Waals surface area contributed by atoms with Gasteiger partial charge in [-0.05, 0) is 31.4 Å². The summed E-state index contributed by atoms with van der Waals surface area (Å²) in [7, 11) is 0. The van der Waals surface area contributed by atoms with Crippen molar-refractivity contribution in [3.8, 4) is 0 Å². The van der Waals surface area contributed by atoms with E-state index < -0.39 is 0 Å². The molecular formula is C14H21N3O2. The van der Waals surface area contributed by atoms with Crippen molar-refractivity contribution in [2.24, 2.45) is 5.92 Å². The van der Waals surface area contributed by atoms with Crippen molar-refractivity contribution >= 4 is 11.6 Å². The molecule has 0 radical (unpaired) electrons. The summed E-state index contributed by atoms with van der Waals surface area (Å²) < 4.78 is 0. The van der Waals surface area contributed by atoms with Crippen LogP contribution in [-0.4, -0.2) is 41.7 Å². The molecule has 0 saturated carbocycles. The van der Waals surface area contributed by atoms with Gasteiger partial charge in [0.05, 0.1) is 6.10 Å². The molecule has 1 aromatic rings. The zero-order valence-electron chi connectivity index (χ0n) is 11.5. The molecule has 0 spiro atoms. The molecule has 0 bridgehead atoms. The van der Waals surface area contributed by atoms with Gasteiger partial charge in [0, 0.05) is 31.5 Å². The molecule has 1 fully saturated rings.